The van der Waals surface area contributed by atoms with E-state index in [9.17, 15) is 18.0 Å². The molecule has 1 atom stereocenters. The van der Waals surface area contributed by atoms with Gasteiger partial charge in [-0.1, -0.05) is 0 Å². The van der Waals surface area contributed by atoms with Crippen molar-refractivity contribution in [3.63, 3.8) is 0 Å². The minimum Gasteiger partial charge on any atom is -0.484 e. The number of anilines is 1. The van der Waals surface area contributed by atoms with Gasteiger partial charge in [0.15, 0.2) is 6.61 Å². The fraction of sp³-hybridized carbons (Fsp3) is 0.562. The maximum absolute atomic E-state index is 12.3. The molecule has 0 aliphatic carbocycles. The van der Waals surface area contributed by atoms with Gasteiger partial charge in [-0.05, 0) is 37.1 Å². The number of hydrogen-bond acceptors (Lipinski definition) is 3. The molecule has 134 valence electrons. The molecule has 1 saturated heterocycles. The number of nitrogens with zero attached hydrogens (tertiary/aromatic N) is 1. The number of piperidine rings is 1. The van der Waals surface area contributed by atoms with E-state index in [4.69, 9.17) is 4.74 Å². The van der Waals surface area contributed by atoms with E-state index in [1.165, 1.54) is 24.3 Å². The van der Waals surface area contributed by atoms with Crippen LogP contribution in [0.1, 0.15) is 12.8 Å². The Morgan fingerprint density at radius 3 is 2.67 bits per heavy atom. The van der Waals surface area contributed by atoms with E-state index in [0.29, 0.717) is 31.3 Å². The summed E-state index contributed by atoms with van der Waals surface area (Å²) >= 11 is 0. The molecule has 1 aromatic rings. The molecular formula is C16H21F3N2O3. The first-order valence-corrected chi connectivity index (χ1v) is 7.72. The van der Waals surface area contributed by atoms with Crippen LogP contribution in [0.3, 0.4) is 0 Å². The number of methoxy groups -OCH3 is 1. The number of nitrogens with one attached hydrogen (secondary N) is 1. The molecule has 0 bridgehead atoms. The number of likely N-dealkylation sites (tertiary alicyclic amines) is 1. The van der Waals surface area contributed by atoms with E-state index in [-0.39, 0.29) is 11.8 Å². The highest BCUT2D eigenvalue weighted by atomic mass is 19.4. The van der Waals surface area contributed by atoms with Gasteiger partial charge in [0.2, 0.25) is 0 Å². The monoisotopic (exact) mass is 346 g/mol. The van der Waals surface area contributed by atoms with Gasteiger partial charge in [0.25, 0.3) is 0 Å². The molecule has 0 unspecified atom stereocenters. The molecule has 2 rings (SSSR count). The standard InChI is InChI=1S/C16H21F3N2O3/c1-23-10-12-3-2-8-21(9-12)15(22)20-13-4-6-14(7-5-13)24-11-16(17,18)19/h4-7,12H,2-3,8-11H2,1H3,(H,20,22)/t12-/m0/s1. The number of alkyl halides is 3. The van der Waals surface area contributed by atoms with E-state index in [1.807, 2.05) is 0 Å². The molecule has 5 nitrogen and oxygen atoms in total. The number of halogens is 3. The Bertz CT molecular complexity index is 532. The lowest BCUT2D eigenvalue weighted by molar-refractivity contribution is -0.153. The Morgan fingerprint density at radius 1 is 1.33 bits per heavy atom. The third-order valence-electron chi connectivity index (χ3n) is 3.72. The van der Waals surface area contributed by atoms with Crippen LogP contribution in [-0.4, -0.2) is 50.5 Å². The highest BCUT2D eigenvalue weighted by molar-refractivity contribution is 5.89. The molecule has 0 saturated carbocycles. The summed E-state index contributed by atoms with van der Waals surface area (Å²) in [5.74, 6) is 0.427. The van der Waals surface area contributed by atoms with Gasteiger partial charge < -0.3 is 19.7 Å². The summed E-state index contributed by atoms with van der Waals surface area (Å²) in [7, 11) is 1.64. The first-order valence-electron chi connectivity index (χ1n) is 7.72. The van der Waals surface area contributed by atoms with E-state index in [2.05, 4.69) is 10.1 Å². The molecule has 1 aliphatic rings. The van der Waals surface area contributed by atoms with Gasteiger partial charge in [0.05, 0.1) is 6.61 Å². The molecule has 2 amide bonds. The summed E-state index contributed by atoms with van der Waals surface area (Å²) in [6.45, 7) is 0.591. The Labute approximate surface area is 138 Å². The lowest BCUT2D eigenvalue weighted by Crippen LogP contribution is -2.43. The third-order valence-corrected chi connectivity index (χ3v) is 3.72. The summed E-state index contributed by atoms with van der Waals surface area (Å²) in [5, 5.41) is 2.74. The van der Waals surface area contributed by atoms with E-state index >= 15 is 0 Å². The van der Waals surface area contributed by atoms with Crippen LogP contribution < -0.4 is 10.1 Å². The smallest absolute Gasteiger partial charge is 0.422 e. The Hall–Kier alpha value is -1.96. The first-order chi connectivity index (χ1) is 11.4. The van der Waals surface area contributed by atoms with Gasteiger partial charge in [-0.25, -0.2) is 4.79 Å². The van der Waals surface area contributed by atoms with Gasteiger partial charge in [-0.3, -0.25) is 0 Å². The molecular weight excluding hydrogens is 325 g/mol. The first kappa shape index (κ1) is 18.4. The van der Waals surface area contributed by atoms with Crippen molar-refractivity contribution in [2.75, 3.05) is 38.7 Å². The van der Waals surface area contributed by atoms with Gasteiger partial charge in [-0.2, -0.15) is 13.2 Å². The minimum atomic E-state index is -4.38. The quantitative estimate of drug-likeness (QED) is 0.888. The van der Waals surface area contributed by atoms with Crippen LogP contribution >= 0.6 is 0 Å². The van der Waals surface area contributed by atoms with Gasteiger partial charge >= 0.3 is 12.2 Å². The van der Waals surface area contributed by atoms with Crippen molar-refractivity contribution in [2.45, 2.75) is 19.0 Å². The number of urea groups is 1. The number of rotatable bonds is 5. The SMILES string of the molecule is COC[C@H]1CCCN(C(=O)Nc2ccc(OCC(F)(F)F)cc2)C1. The van der Waals surface area contributed by atoms with Crippen molar-refractivity contribution >= 4 is 11.7 Å². The van der Waals surface area contributed by atoms with Crippen molar-refractivity contribution in [2.24, 2.45) is 5.92 Å². The summed E-state index contributed by atoms with van der Waals surface area (Å²) in [6.07, 6.45) is -2.42. The minimum absolute atomic E-state index is 0.100. The molecule has 1 fully saturated rings. The van der Waals surface area contributed by atoms with Crippen molar-refractivity contribution in [3.8, 4) is 5.75 Å². The predicted molar refractivity (Wildman–Crippen MR) is 83.2 cm³/mol. The molecule has 1 heterocycles. The highest BCUT2D eigenvalue weighted by Gasteiger charge is 2.28. The maximum Gasteiger partial charge on any atom is 0.422 e. The number of hydrogen-bond donors (Lipinski definition) is 1. The zero-order chi connectivity index (χ0) is 17.6. The summed E-state index contributed by atoms with van der Waals surface area (Å²) in [5.41, 5.74) is 0.508. The molecule has 24 heavy (non-hydrogen) atoms. The molecule has 1 N–H and O–H groups in total. The topological polar surface area (TPSA) is 50.8 Å². The lowest BCUT2D eigenvalue weighted by atomic mass is 9.99. The van der Waals surface area contributed by atoms with Crippen LogP contribution in [-0.2, 0) is 4.74 Å². The van der Waals surface area contributed by atoms with Crippen LogP contribution in [0.2, 0.25) is 0 Å². The Morgan fingerprint density at radius 2 is 2.04 bits per heavy atom. The molecule has 8 heteroatoms. The van der Waals surface area contributed by atoms with Crippen molar-refractivity contribution < 1.29 is 27.4 Å². The molecule has 1 aromatic carbocycles. The largest absolute Gasteiger partial charge is 0.484 e. The second-order valence-corrected chi connectivity index (χ2v) is 5.77. The van der Waals surface area contributed by atoms with Gasteiger partial charge in [0.1, 0.15) is 5.75 Å². The van der Waals surface area contributed by atoms with E-state index in [1.54, 1.807) is 12.0 Å². The number of ether oxygens (including phenoxy) is 2. The zero-order valence-corrected chi connectivity index (χ0v) is 13.4. The summed E-state index contributed by atoms with van der Waals surface area (Å²) in [6, 6.07) is 5.59. The Kier molecular flexibility index (Phi) is 6.30. The highest BCUT2D eigenvalue weighted by Crippen LogP contribution is 2.21. The average molecular weight is 346 g/mol. The van der Waals surface area contributed by atoms with Crippen molar-refractivity contribution in [3.05, 3.63) is 24.3 Å². The van der Waals surface area contributed by atoms with Crippen molar-refractivity contribution in [1.29, 1.82) is 0 Å². The van der Waals surface area contributed by atoms with Gasteiger partial charge in [-0.15, -0.1) is 0 Å². The number of benzene rings is 1. The van der Waals surface area contributed by atoms with Crippen LogP contribution in [0, 0.1) is 5.92 Å². The predicted octanol–water partition coefficient (Wildman–Crippen LogP) is 3.52. The maximum atomic E-state index is 12.3. The van der Waals surface area contributed by atoms with Crippen LogP contribution in [0.5, 0.6) is 5.75 Å². The second kappa shape index (κ2) is 8.23. The fourth-order valence-corrected chi connectivity index (χ4v) is 2.62. The van der Waals surface area contributed by atoms with E-state index in [0.717, 1.165) is 12.8 Å². The average Bonchev–Trinajstić information content (AvgIpc) is 2.54. The molecule has 0 radical (unpaired) electrons. The van der Waals surface area contributed by atoms with Crippen LogP contribution in [0.15, 0.2) is 24.3 Å². The van der Waals surface area contributed by atoms with E-state index < -0.39 is 12.8 Å². The number of carbonyl (C=O) groups is 1. The molecule has 0 aromatic heterocycles. The summed E-state index contributed by atoms with van der Waals surface area (Å²) in [4.78, 5) is 14.0. The van der Waals surface area contributed by atoms with Gasteiger partial charge in [0, 0.05) is 31.8 Å². The number of carbonyl (C=O) groups excluding carboxylic acids is 1. The normalized spacial score (nSPS) is 18.3. The molecule has 1 aliphatic heterocycles. The summed E-state index contributed by atoms with van der Waals surface area (Å²) < 4.78 is 46.0. The van der Waals surface area contributed by atoms with Crippen LogP contribution in [0.25, 0.3) is 0 Å². The fourth-order valence-electron chi connectivity index (χ4n) is 2.62. The van der Waals surface area contributed by atoms with Crippen molar-refractivity contribution in [1.82, 2.24) is 4.90 Å². The number of amides is 2. The lowest BCUT2D eigenvalue weighted by Gasteiger charge is -2.32. The molecule has 0 spiro atoms. The third kappa shape index (κ3) is 5.92. The zero-order valence-electron chi connectivity index (χ0n) is 13.4. The Balaban J connectivity index is 1.85. The van der Waals surface area contributed by atoms with Crippen LogP contribution in [0.4, 0.5) is 23.7 Å². The second-order valence-electron chi connectivity index (χ2n) is 5.77.